The summed E-state index contributed by atoms with van der Waals surface area (Å²) in [6.07, 6.45) is 0.799. The van der Waals surface area contributed by atoms with Crippen molar-refractivity contribution in [2.75, 3.05) is 56.2 Å². The van der Waals surface area contributed by atoms with Crippen molar-refractivity contribution in [3.05, 3.63) is 24.3 Å². The molecule has 1 unspecified atom stereocenters. The summed E-state index contributed by atoms with van der Waals surface area (Å²) in [6, 6.07) is 6.23. The molecule has 2 N–H and O–H groups in total. The third-order valence-electron chi connectivity index (χ3n) is 5.68. The van der Waals surface area contributed by atoms with Crippen LogP contribution in [0.1, 0.15) is 26.7 Å². The van der Waals surface area contributed by atoms with Crippen LogP contribution in [-0.4, -0.2) is 81.0 Å². The van der Waals surface area contributed by atoms with Crippen LogP contribution in [0.25, 0.3) is 0 Å². The van der Waals surface area contributed by atoms with Crippen LogP contribution in [0.5, 0.6) is 0 Å². The zero-order valence-electron chi connectivity index (χ0n) is 19.6. The molecule has 1 aromatic carbocycles. The van der Waals surface area contributed by atoms with Gasteiger partial charge in [0.1, 0.15) is 12.6 Å². The van der Waals surface area contributed by atoms with Gasteiger partial charge in [0.15, 0.2) is 0 Å². The number of rotatable bonds is 9. The second-order valence-electron chi connectivity index (χ2n) is 8.10. The van der Waals surface area contributed by atoms with E-state index in [-0.39, 0.29) is 31.1 Å². The molecular weight excluding hydrogens is 444 g/mol. The Kier molecular flexibility index (Phi) is 9.08. The maximum absolute atomic E-state index is 12.4. The quantitative estimate of drug-likeness (QED) is 0.409. The van der Waals surface area contributed by atoms with Crippen molar-refractivity contribution >= 4 is 35.4 Å². The Morgan fingerprint density at radius 2 is 1.74 bits per heavy atom. The van der Waals surface area contributed by atoms with Crippen molar-refractivity contribution < 1.29 is 33.4 Å². The van der Waals surface area contributed by atoms with Crippen LogP contribution < -0.4 is 15.5 Å². The number of hydrogen-bond acceptors (Lipinski definition) is 8. The van der Waals surface area contributed by atoms with Crippen LogP contribution in [0.2, 0.25) is 0 Å². The number of nitrogens with one attached hydrogen (secondary N) is 2. The lowest BCUT2D eigenvalue weighted by molar-refractivity contribution is -0.149. The van der Waals surface area contributed by atoms with Gasteiger partial charge >= 0.3 is 24.1 Å². The first kappa shape index (κ1) is 25.3. The zero-order valence-corrected chi connectivity index (χ0v) is 19.6. The molecule has 0 aromatic heterocycles. The van der Waals surface area contributed by atoms with E-state index >= 15 is 0 Å². The number of carbonyl (C=O) groups excluding carboxylic acids is 4. The number of likely N-dealkylation sites (tertiary alicyclic amines) is 1. The lowest BCUT2D eigenvalue weighted by Gasteiger charge is -2.31. The largest absolute Gasteiger partial charge is 0.466 e. The summed E-state index contributed by atoms with van der Waals surface area (Å²) < 4.78 is 15.4. The minimum absolute atomic E-state index is 0.0572. The number of carbonyl (C=O) groups is 4. The summed E-state index contributed by atoms with van der Waals surface area (Å²) >= 11 is 0. The molecule has 0 radical (unpaired) electrons. The smallest absolute Gasteiger partial charge is 0.414 e. The molecule has 2 aliphatic rings. The Morgan fingerprint density at radius 3 is 2.38 bits per heavy atom. The van der Waals surface area contributed by atoms with Gasteiger partial charge in [0.2, 0.25) is 0 Å². The van der Waals surface area contributed by atoms with Gasteiger partial charge in [0.05, 0.1) is 25.7 Å². The van der Waals surface area contributed by atoms with Crippen molar-refractivity contribution in [2.24, 2.45) is 5.92 Å². The topological polar surface area (TPSA) is 127 Å². The first-order valence-corrected chi connectivity index (χ1v) is 11.6. The molecule has 2 heterocycles. The van der Waals surface area contributed by atoms with Crippen LogP contribution in [-0.2, 0) is 23.8 Å². The summed E-state index contributed by atoms with van der Waals surface area (Å²) in [5.41, 5.74) is 1.17. The molecular formula is C23H32N4O7. The predicted octanol–water partition coefficient (Wildman–Crippen LogP) is 1.97. The number of nitrogens with zero attached hydrogens (tertiary/aromatic N) is 2. The van der Waals surface area contributed by atoms with E-state index in [4.69, 9.17) is 14.2 Å². The second kappa shape index (κ2) is 12.2. The summed E-state index contributed by atoms with van der Waals surface area (Å²) in [5.74, 6) is -0.702. The van der Waals surface area contributed by atoms with Gasteiger partial charge in [0.25, 0.3) is 0 Å². The van der Waals surface area contributed by atoms with Gasteiger partial charge in [-0.2, -0.15) is 0 Å². The number of piperidine rings is 1. The van der Waals surface area contributed by atoms with Crippen molar-refractivity contribution in [3.63, 3.8) is 0 Å². The van der Waals surface area contributed by atoms with Gasteiger partial charge in [-0.15, -0.1) is 0 Å². The van der Waals surface area contributed by atoms with Crippen LogP contribution in [0.15, 0.2) is 24.3 Å². The summed E-state index contributed by atoms with van der Waals surface area (Å²) in [7, 11) is 0. The van der Waals surface area contributed by atoms with E-state index in [1.54, 1.807) is 36.1 Å². The molecule has 34 heavy (non-hydrogen) atoms. The average molecular weight is 477 g/mol. The number of anilines is 2. The molecule has 3 rings (SSSR count). The van der Waals surface area contributed by atoms with Gasteiger partial charge in [-0.05, 0) is 64.0 Å². The molecule has 1 aromatic rings. The zero-order chi connectivity index (χ0) is 24.5. The van der Waals surface area contributed by atoms with Crippen molar-refractivity contribution in [1.82, 2.24) is 10.2 Å². The van der Waals surface area contributed by atoms with Gasteiger partial charge < -0.3 is 24.8 Å². The van der Waals surface area contributed by atoms with Gasteiger partial charge in [-0.1, -0.05) is 0 Å². The Morgan fingerprint density at radius 1 is 1.06 bits per heavy atom. The molecule has 2 saturated heterocycles. The maximum Gasteiger partial charge on any atom is 0.414 e. The average Bonchev–Trinajstić information content (AvgIpc) is 3.19. The van der Waals surface area contributed by atoms with Gasteiger partial charge in [0, 0.05) is 17.9 Å². The van der Waals surface area contributed by atoms with Crippen molar-refractivity contribution in [1.29, 1.82) is 0 Å². The van der Waals surface area contributed by atoms with Crippen molar-refractivity contribution in [3.8, 4) is 0 Å². The highest BCUT2D eigenvalue weighted by atomic mass is 16.6. The number of hydrogen-bond donors (Lipinski definition) is 2. The molecule has 11 nitrogen and oxygen atoms in total. The summed E-state index contributed by atoms with van der Waals surface area (Å²) in [5, 5.41) is 5.03. The predicted molar refractivity (Wildman–Crippen MR) is 124 cm³/mol. The highest BCUT2D eigenvalue weighted by Crippen LogP contribution is 2.25. The molecule has 1 atom stereocenters. The first-order chi connectivity index (χ1) is 16.4. The SMILES string of the molecule is CCOC(=O)CNC(=O)Nc1ccc(N2CC(CN3CCC(C(=O)OCC)CC3)OC2=O)cc1. The van der Waals surface area contributed by atoms with Crippen LogP contribution >= 0.6 is 0 Å². The third kappa shape index (κ3) is 7.08. The molecule has 2 aliphatic heterocycles. The fourth-order valence-electron chi connectivity index (χ4n) is 3.99. The fraction of sp³-hybridized carbons (Fsp3) is 0.565. The minimum atomic E-state index is -0.534. The lowest BCUT2D eigenvalue weighted by atomic mass is 9.97. The molecule has 0 saturated carbocycles. The molecule has 0 bridgehead atoms. The van der Waals surface area contributed by atoms with Crippen molar-refractivity contribution in [2.45, 2.75) is 32.8 Å². The van der Waals surface area contributed by atoms with E-state index in [1.807, 2.05) is 6.92 Å². The van der Waals surface area contributed by atoms with Gasteiger partial charge in [-0.3, -0.25) is 19.4 Å². The number of cyclic esters (lactones) is 1. The Hall–Kier alpha value is -3.34. The van der Waals surface area contributed by atoms with E-state index < -0.39 is 18.1 Å². The fourth-order valence-corrected chi connectivity index (χ4v) is 3.99. The van der Waals surface area contributed by atoms with E-state index in [0.717, 1.165) is 25.9 Å². The first-order valence-electron chi connectivity index (χ1n) is 11.6. The number of amides is 3. The normalized spacial score (nSPS) is 18.8. The van der Waals surface area contributed by atoms with Gasteiger partial charge in [-0.25, -0.2) is 9.59 Å². The maximum atomic E-state index is 12.4. The Bertz CT molecular complexity index is 869. The molecule has 11 heteroatoms. The third-order valence-corrected chi connectivity index (χ3v) is 5.68. The lowest BCUT2D eigenvalue weighted by Crippen LogP contribution is -2.41. The highest BCUT2D eigenvalue weighted by molar-refractivity contribution is 5.93. The number of ether oxygens (including phenoxy) is 3. The van der Waals surface area contributed by atoms with E-state index in [9.17, 15) is 19.2 Å². The monoisotopic (exact) mass is 476 g/mol. The molecule has 0 aliphatic carbocycles. The van der Waals surface area contributed by atoms with E-state index in [2.05, 4.69) is 15.5 Å². The molecule has 2 fully saturated rings. The number of esters is 2. The molecule has 186 valence electrons. The van der Waals surface area contributed by atoms with Crippen LogP contribution in [0.3, 0.4) is 0 Å². The summed E-state index contributed by atoms with van der Waals surface area (Å²) in [6.45, 7) is 6.47. The summed E-state index contributed by atoms with van der Waals surface area (Å²) in [4.78, 5) is 51.3. The van der Waals surface area contributed by atoms with Crippen LogP contribution in [0, 0.1) is 5.92 Å². The minimum Gasteiger partial charge on any atom is -0.466 e. The Balaban J connectivity index is 1.44. The standard InChI is InChI=1S/C23H32N4O7/c1-3-32-20(28)13-24-22(30)25-17-5-7-18(8-6-17)27-15-19(34-23(27)31)14-26-11-9-16(10-12-26)21(29)33-4-2/h5-8,16,19H,3-4,9-15H2,1-2H3,(H2,24,25,30). The second-order valence-corrected chi connectivity index (χ2v) is 8.10. The van der Waals surface area contributed by atoms with E-state index in [0.29, 0.717) is 31.1 Å². The molecule has 0 spiro atoms. The highest BCUT2D eigenvalue weighted by Gasteiger charge is 2.35. The van der Waals surface area contributed by atoms with E-state index in [1.165, 1.54) is 0 Å². The Labute approximate surface area is 198 Å². The molecule has 3 amide bonds. The number of benzene rings is 1. The number of urea groups is 1. The van der Waals surface area contributed by atoms with Crippen LogP contribution in [0.4, 0.5) is 21.0 Å².